The Bertz CT molecular complexity index is 528. The molecule has 2 rings (SSSR count). The molecule has 0 saturated carbocycles. The van der Waals surface area contributed by atoms with Crippen LogP contribution >= 0.6 is 27.5 Å². The lowest BCUT2D eigenvalue weighted by atomic mass is 10.1. The Kier molecular flexibility index (Phi) is 2.80. The molecule has 0 radical (unpaired) electrons. The van der Waals surface area contributed by atoms with E-state index in [0.29, 0.717) is 0 Å². The zero-order valence-electron chi connectivity index (χ0n) is 8.31. The van der Waals surface area contributed by atoms with Crippen LogP contribution in [-0.2, 0) is 0 Å². The van der Waals surface area contributed by atoms with Crippen LogP contribution in [0.15, 0.2) is 16.6 Å². The summed E-state index contributed by atoms with van der Waals surface area (Å²) in [4.78, 5) is 8.32. The Balaban J connectivity index is 2.89. The number of aromatic nitrogens is 2. The largest absolute Gasteiger partial charge is 0.372 e. The second kappa shape index (κ2) is 3.94. The van der Waals surface area contributed by atoms with Crippen molar-refractivity contribution in [3.8, 4) is 0 Å². The first kappa shape index (κ1) is 10.6. The Morgan fingerprint density at radius 1 is 1.33 bits per heavy atom. The zero-order chi connectivity index (χ0) is 11.0. The van der Waals surface area contributed by atoms with Crippen LogP contribution < -0.4 is 5.32 Å². The number of fused-ring (bicyclic) bond motifs is 1. The minimum Gasteiger partial charge on any atom is -0.372 e. The molecular formula is C10H9BrClN3. The number of halogens is 2. The molecule has 5 heteroatoms. The maximum atomic E-state index is 5.83. The number of aryl methyl sites for hydroxylation is 1. The first-order valence-electron chi connectivity index (χ1n) is 4.43. The van der Waals surface area contributed by atoms with E-state index in [2.05, 4.69) is 31.2 Å². The van der Waals surface area contributed by atoms with Crippen molar-refractivity contribution < 1.29 is 0 Å². The van der Waals surface area contributed by atoms with Gasteiger partial charge in [0.25, 0.3) is 0 Å². The highest BCUT2D eigenvalue weighted by atomic mass is 79.9. The predicted molar refractivity (Wildman–Crippen MR) is 66.5 cm³/mol. The van der Waals surface area contributed by atoms with Crippen molar-refractivity contribution in [1.82, 2.24) is 9.97 Å². The summed E-state index contributed by atoms with van der Waals surface area (Å²) in [6.07, 6.45) is 0. The molecule has 1 aromatic carbocycles. The van der Waals surface area contributed by atoms with E-state index in [9.17, 15) is 0 Å². The molecule has 0 aliphatic rings. The Morgan fingerprint density at radius 2 is 2.07 bits per heavy atom. The summed E-state index contributed by atoms with van der Waals surface area (Å²) in [5, 5.41) is 4.22. The third kappa shape index (κ3) is 1.92. The second-order valence-corrected chi connectivity index (χ2v) is 4.43. The van der Waals surface area contributed by atoms with Crippen LogP contribution in [-0.4, -0.2) is 17.0 Å². The van der Waals surface area contributed by atoms with Crippen LogP contribution in [0, 0.1) is 6.92 Å². The second-order valence-electron chi connectivity index (χ2n) is 3.23. The summed E-state index contributed by atoms with van der Waals surface area (Å²) >= 11 is 9.30. The van der Waals surface area contributed by atoms with Gasteiger partial charge in [0.2, 0.25) is 5.28 Å². The number of hydrogen-bond acceptors (Lipinski definition) is 3. The van der Waals surface area contributed by atoms with Crippen molar-refractivity contribution in [2.24, 2.45) is 0 Å². The van der Waals surface area contributed by atoms with Gasteiger partial charge >= 0.3 is 0 Å². The van der Waals surface area contributed by atoms with Crippen molar-refractivity contribution in [3.63, 3.8) is 0 Å². The number of hydrogen-bond donors (Lipinski definition) is 1. The van der Waals surface area contributed by atoms with Gasteiger partial charge in [-0.2, -0.15) is 0 Å². The van der Waals surface area contributed by atoms with Gasteiger partial charge in [0.05, 0.1) is 5.52 Å². The molecule has 0 bridgehead atoms. The molecular weight excluding hydrogens is 277 g/mol. The lowest BCUT2D eigenvalue weighted by Gasteiger charge is -2.07. The van der Waals surface area contributed by atoms with Crippen LogP contribution in [0.3, 0.4) is 0 Å². The molecule has 0 atom stereocenters. The van der Waals surface area contributed by atoms with Gasteiger partial charge < -0.3 is 5.32 Å². The van der Waals surface area contributed by atoms with Crippen molar-refractivity contribution in [2.75, 3.05) is 12.4 Å². The minimum atomic E-state index is 0.247. The summed E-state index contributed by atoms with van der Waals surface area (Å²) in [5.41, 5.74) is 1.97. The highest BCUT2D eigenvalue weighted by Gasteiger charge is 2.08. The van der Waals surface area contributed by atoms with E-state index in [1.165, 1.54) is 0 Å². The Morgan fingerprint density at radius 3 is 2.73 bits per heavy atom. The number of nitrogens with zero attached hydrogens (tertiary/aromatic N) is 2. The molecule has 2 aromatic rings. The molecule has 3 nitrogen and oxygen atoms in total. The van der Waals surface area contributed by atoms with Crippen LogP contribution in [0.2, 0.25) is 5.28 Å². The Hall–Kier alpha value is -0.870. The van der Waals surface area contributed by atoms with E-state index in [0.717, 1.165) is 26.8 Å². The van der Waals surface area contributed by atoms with E-state index in [4.69, 9.17) is 11.6 Å². The van der Waals surface area contributed by atoms with Gasteiger partial charge in [-0.3, -0.25) is 0 Å². The van der Waals surface area contributed by atoms with E-state index < -0.39 is 0 Å². The molecule has 0 fully saturated rings. The normalized spacial score (nSPS) is 10.7. The Labute approximate surface area is 101 Å². The summed E-state index contributed by atoms with van der Waals surface area (Å²) in [5.74, 6) is 0.745. The predicted octanol–water partition coefficient (Wildman–Crippen LogP) is 3.40. The molecule has 0 aliphatic carbocycles. The topological polar surface area (TPSA) is 37.8 Å². The molecule has 1 heterocycles. The van der Waals surface area contributed by atoms with Gasteiger partial charge in [-0.05, 0) is 52.2 Å². The molecule has 78 valence electrons. The molecule has 1 aromatic heterocycles. The number of nitrogens with one attached hydrogen (secondary N) is 1. The van der Waals surface area contributed by atoms with E-state index in [-0.39, 0.29) is 5.28 Å². The van der Waals surface area contributed by atoms with Crippen molar-refractivity contribution in [3.05, 3.63) is 27.5 Å². The highest BCUT2D eigenvalue weighted by Crippen LogP contribution is 2.29. The lowest BCUT2D eigenvalue weighted by molar-refractivity contribution is 1.20. The summed E-state index contributed by atoms with van der Waals surface area (Å²) in [6, 6.07) is 4.04. The molecule has 0 aliphatic heterocycles. The van der Waals surface area contributed by atoms with Gasteiger partial charge in [-0.1, -0.05) is 0 Å². The molecule has 15 heavy (non-hydrogen) atoms. The van der Waals surface area contributed by atoms with Crippen LogP contribution in [0.5, 0.6) is 0 Å². The van der Waals surface area contributed by atoms with Gasteiger partial charge in [-0.15, -0.1) is 0 Å². The average molecular weight is 287 g/mol. The number of benzene rings is 1. The fraction of sp³-hybridized carbons (Fsp3) is 0.200. The van der Waals surface area contributed by atoms with Crippen molar-refractivity contribution in [1.29, 1.82) is 0 Å². The SMILES string of the molecule is CNc1nc(Cl)nc2c(Br)cc(C)cc12. The quantitative estimate of drug-likeness (QED) is 0.817. The molecule has 0 unspecified atom stereocenters. The fourth-order valence-electron chi connectivity index (χ4n) is 1.49. The van der Waals surface area contributed by atoms with Gasteiger partial charge in [0.15, 0.2) is 0 Å². The van der Waals surface area contributed by atoms with Crippen LogP contribution in [0.4, 0.5) is 5.82 Å². The first-order valence-corrected chi connectivity index (χ1v) is 5.60. The first-order chi connectivity index (χ1) is 7.11. The lowest BCUT2D eigenvalue weighted by Crippen LogP contribution is -1.97. The van der Waals surface area contributed by atoms with Crippen LogP contribution in [0.25, 0.3) is 10.9 Å². The molecule has 0 saturated heterocycles. The van der Waals surface area contributed by atoms with E-state index >= 15 is 0 Å². The summed E-state index contributed by atoms with van der Waals surface area (Å²) < 4.78 is 0.929. The number of rotatable bonds is 1. The van der Waals surface area contributed by atoms with Crippen molar-refractivity contribution in [2.45, 2.75) is 6.92 Å². The molecule has 0 amide bonds. The summed E-state index contributed by atoms with van der Waals surface area (Å²) in [6.45, 7) is 2.03. The van der Waals surface area contributed by atoms with Crippen LogP contribution in [0.1, 0.15) is 5.56 Å². The fourth-order valence-corrected chi connectivity index (χ4v) is 2.32. The van der Waals surface area contributed by atoms with E-state index in [1.807, 2.05) is 26.1 Å². The van der Waals surface area contributed by atoms with Gasteiger partial charge in [0, 0.05) is 16.9 Å². The minimum absolute atomic E-state index is 0.247. The molecule has 1 N–H and O–H groups in total. The summed E-state index contributed by atoms with van der Waals surface area (Å²) in [7, 11) is 1.81. The molecule has 0 spiro atoms. The van der Waals surface area contributed by atoms with Gasteiger partial charge in [0.1, 0.15) is 5.82 Å². The maximum Gasteiger partial charge on any atom is 0.224 e. The third-order valence-electron chi connectivity index (χ3n) is 2.11. The van der Waals surface area contributed by atoms with E-state index in [1.54, 1.807) is 0 Å². The van der Waals surface area contributed by atoms with Gasteiger partial charge in [-0.25, -0.2) is 9.97 Å². The highest BCUT2D eigenvalue weighted by molar-refractivity contribution is 9.10. The standard InChI is InChI=1S/C10H9BrClN3/c1-5-3-6-8(7(11)4-5)14-10(12)15-9(6)13-2/h3-4H,1-2H3,(H,13,14,15). The zero-order valence-corrected chi connectivity index (χ0v) is 10.6. The van der Waals surface area contributed by atoms with Crippen molar-refractivity contribution >= 4 is 44.3 Å². The maximum absolute atomic E-state index is 5.83. The smallest absolute Gasteiger partial charge is 0.224 e. The average Bonchev–Trinajstić information content (AvgIpc) is 2.18. The monoisotopic (exact) mass is 285 g/mol. The third-order valence-corrected chi connectivity index (χ3v) is 2.88. The number of anilines is 1.